The molecule has 1 atom stereocenters. The Morgan fingerprint density at radius 2 is 2.04 bits per heavy atom. The molecule has 1 fully saturated rings. The second-order valence-electron chi connectivity index (χ2n) is 5.51. The molecule has 3 rings (SSSR count). The molecule has 0 aromatic heterocycles. The second kappa shape index (κ2) is 6.77. The van der Waals surface area contributed by atoms with Gasteiger partial charge in [-0.05, 0) is 12.1 Å². The summed E-state index contributed by atoms with van der Waals surface area (Å²) in [5.74, 6) is -0.484. The fourth-order valence-electron chi connectivity index (χ4n) is 2.64. The average molecular weight is 334 g/mol. The number of amides is 2. The molecule has 24 heavy (non-hydrogen) atoms. The molecular weight excluding hydrogens is 316 g/mol. The number of benzene rings is 1. The van der Waals surface area contributed by atoms with Crippen LogP contribution in [0.4, 0.5) is 5.69 Å². The molecule has 2 aliphatic rings. The molecule has 0 aliphatic carbocycles. The van der Waals surface area contributed by atoms with Crippen molar-refractivity contribution in [1.29, 1.82) is 0 Å². The van der Waals surface area contributed by atoms with Crippen molar-refractivity contribution >= 4 is 23.5 Å². The molecule has 1 aromatic rings. The number of nitrogens with one attached hydrogen (secondary N) is 1. The zero-order valence-corrected chi connectivity index (χ0v) is 13.2. The molecule has 8 heteroatoms. The van der Waals surface area contributed by atoms with Gasteiger partial charge in [-0.25, -0.2) is 0 Å². The zero-order valence-electron chi connectivity index (χ0n) is 13.2. The number of esters is 1. The van der Waals surface area contributed by atoms with Crippen LogP contribution in [0.15, 0.2) is 18.2 Å². The lowest BCUT2D eigenvalue weighted by atomic mass is 10.1. The summed E-state index contributed by atoms with van der Waals surface area (Å²) in [5, 5.41) is 2.36. The molecule has 1 aromatic carbocycles. The lowest BCUT2D eigenvalue weighted by Crippen LogP contribution is -2.29. The number of hydrogen-bond acceptors (Lipinski definition) is 6. The van der Waals surface area contributed by atoms with Crippen LogP contribution >= 0.6 is 0 Å². The third-order valence-corrected chi connectivity index (χ3v) is 3.92. The van der Waals surface area contributed by atoms with Gasteiger partial charge in [-0.1, -0.05) is 0 Å². The summed E-state index contributed by atoms with van der Waals surface area (Å²) in [6.45, 7) is 0.822. The number of likely N-dealkylation sites (N-methyl/N-ethyl adjacent to an activating group) is 1. The van der Waals surface area contributed by atoms with E-state index >= 15 is 0 Å². The summed E-state index contributed by atoms with van der Waals surface area (Å²) >= 11 is 0. The minimum absolute atomic E-state index is 0.0566. The van der Waals surface area contributed by atoms with E-state index in [1.807, 2.05) is 0 Å². The highest BCUT2D eigenvalue weighted by atomic mass is 16.6. The van der Waals surface area contributed by atoms with Crippen LogP contribution in [0.3, 0.4) is 0 Å². The minimum atomic E-state index is -0.588. The Kier molecular flexibility index (Phi) is 4.54. The highest BCUT2D eigenvalue weighted by Gasteiger charge is 2.36. The van der Waals surface area contributed by atoms with Gasteiger partial charge in [0, 0.05) is 31.8 Å². The fourth-order valence-corrected chi connectivity index (χ4v) is 2.64. The maximum Gasteiger partial charge on any atom is 0.311 e. The van der Waals surface area contributed by atoms with Crippen LogP contribution < -0.4 is 19.7 Å². The molecule has 0 unspecified atom stereocenters. The first kappa shape index (κ1) is 16.1. The van der Waals surface area contributed by atoms with Crippen LogP contribution in [-0.2, 0) is 19.1 Å². The number of hydrogen-bond donors (Lipinski definition) is 1. The Labute approximate surface area is 138 Å². The van der Waals surface area contributed by atoms with Crippen molar-refractivity contribution in [2.75, 3.05) is 38.3 Å². The number of anilines is 1. The molecule has 2 amide bonds. The second-order valence-corrected chi connectivity index (χ2v) is 5.51. The van der Waals surface area contributed by atoms with E-state index in [1.165, 1.54) is 11.9 Å². The van der Waals surface area contributed by atoms with E-state index in [4.69, 9.17) is 14.2 Å². The van der Waals surface area contributed by atoms with Crippen molar-refractivity contribution in [2.45, 2.75) is 6.42 Å². The van der Waals surface area contributed by atoms with Crippen molar-refractivity contribution in [3.63, 3.8) is 0 Å². The predicted molar refractivity (Wildman–Crippen MR) is 82.9 cm³/mol. The molecule has 2 aliphatic heterocycles. The van der Waals surface area contributed by atoms with Gasteiger partial charge in [0.15, 0.2) is 18.1 Å². The van der Waals surface area contributed by atoms with Crippen LogP contribution in [0, 0.1) is 5.92 Å². The van der Waals surface area contributed by atoms with Crippen molar-refractivity contribution < 1.29 is 28.6 Å². The smallest absolute Gasteiger partial charge is 0.311 e. The summed E-state index contributed by atoms with van der Waals surface area (Å²) in [6.07, 6.45) is 0.0566. The van der Waals surface area contributed by atoms with Crippen LogP contribution in [-0.4, -0.2) is 51.2 Å². The first-order chi connectivity index (χ1) is 11.6. The lowest BCUT2D eigenvalue weighted by molar-refractivity contribution is -0.152. The van der Waals surface area contributed by atoms with Gasteiger partial charge in [-0.2, -0.15) is 0 Å². The quantitative estimate of drug-likeness (QED) is 0.785. The standard InChI is InChI=1S/C16H18N2O6/c1-17-14(19)9-24-16(21)10-6-15(20)18(8-10)11-2-3-12-13(7-11)23-5-4-22-12/h2-3,7,10H,4-6,8-9H2,1H3,(H,17,19)/t10-/m0/s1. The monoisotopic (exact) mass is 334 g/mol. The molecule has 1 N–H and O–H groups in total. The zero-order chi connectivity index (χ0) is 17.1. The molecule has 0 spiro atoms. The van der Waals surface area contributed by atoms with E-state index in [0.717, 1.165) is 0 Å². The first-order valence-electron chi connectivity index (χ1n) is 7.65. The number of ether oxygens (including phenoxy) is 3. The summed E-state index contributed by atoms with van der Waals surface area (Å²) in [6, 6.07) is 5.22. The van der Waals surface area contributed by atoms with Gasteiger partial charge < -0.3 is 24.4 Å². The van der Waals surface area contributed by atoms with Gasteiger partial charge >= 0.3 is 5.97 Å². The Morgan fingerprint density at radius 1 is 1.29 bits per heavy atom. The predicted octanol–water partition coefficient (Wildman–Crippen LogP) is 0.0999. The van der Waals surface area contributed by atoms with Gasteiger partial charge in [0.25, 0.3) is 5.91 Å². The highest BCUT2D eigenvalue weighted by molar-refractivity contribution is 5.99. The van der Waals surface area contributed by atoms with Gasteiger partial charge in [-0.15, -0.1) is 0 Å². The van der Waals surface area contributed by atoms with Gasteiger partial charge in [0.2, 0.25) is 5.91 Å². The third-order valence-electron chi connectivity index (χ3n) is 3.92. The van der Waals surface area contributed by atoms with Crippen molar-refractivity contribution in [1.82, 2.24) is 5.32 Å². The Balaban J connectivity index is 1.66. The maximum atomic E-state index is 12.2. The van der Waals surface area contributed by atoms with Crippen LogP contribution in [0.5, 0.6) is 11.5 Å². The number of nitrogens with zero attached hydrogens (tertiary/aromatic N) is 1. The van der Waals surface area contributed by atoms with Gasteiger partial charge in [-0.3, -0.25) is 14.4 Å². The number of rotatable bonds is 4. The molecule has 2 heterocycles. The molecule has 128 valence electrons. The molecule has 1 saturated heterocycles. The largest absolute Gasteiger partial charge is 0.486 e. The Bertz CT molecular complexity index is 675. The minimum Gasteiger partial charge on any atom is -0.486 e. The first-order valence-corrected chi connectivity index (χ1v) is 7.65. The van der Waals surface area contributed by atoms with Gasteiger partial charge in [0.05, 0.1) is 5.92 Å². The van der Waals surface area contributed by atoms with E-state index in [2.05, 4.69) is 5.32 Å². The SMILES string of the molecule is CNC(=O)COC(=O)[C@H]1CC(=O)N(c2ccc3c(c2)OCCO3)C1. The van der Waals surface area contributed by atoms with E-state index in [9.17, 15) is 14.4 Å². The molecule has 0 saturated carbocycles. The summed E-state index contributed by atoms with van der Waals surface area (Å²) in [5.41, 5.74) is 0.644. The van der Waals surface area contributed by atoms with E-state index in [1.54, 1.807) is 18.2 Å². The summed E-state index contributed by atoms with van der Waals surface area (Å²) < 4.78 is 15.9. The molecule has 8 nitrogen and oxygen atoms in total. The van der Waals surface area contributed by atoms with Crippen molar-refractivity contribution in [3.05, 3.63) is 18.2 Å². The van der Waals surface area contributed by atoms with Gasteiger partial charge in [0.1, 0.15) is 13.2 Å². The topological polar surface area (TPSA) is 94.2 Å². The van der Waals surface area contributed by atoms with Crippen molar-refractivity contribution in [3.8, 4) is 11.5 Å². The van der Waals surface area contributed by atoms with Crippen LogP contribution in [0.2, 0.25) is 0 Å². The van der Waals surface area contributed by atoms with Crippen LogP contribution in [0.25, 0.3) is 0 Å². The highest BCUT2D eigenvalue weighted by Crippen LogP contribution is 2.36. The van der Waals surface area contributed by atoms with E-state index < -0.39 is 17.8 Å². The third kappa shape index (κ3) is 3.27. The van der Waals surface area contributed by atoms with E-state index in [0.29, 0.717) is 30.4 Å². The Morgan fingerprint density at radius 3 is 2.79 bits per heavy atom. The lowest BCUT2D eigenvalue weighted by Gasteiger charge is -2.22. The normalized spacial score (nSPS) is 19.1. The summed E-state index contributed by atoms with van der Waals surface area (Å²) in [7, 11) is 1.46. The fraction of sp³-hybridized carbons (Fsp3) is 0.438. The average Bonchev–Trinajstić information content (AvgIpc) is 3.00. The van der Waals surface area contributed by atoms with E-state index in [-0.39, 0.29) is 25.5 Å². The maximum absolute atomic E-state index is 12.2. The molecular formula is C16H18N2O6. The molecule has 0 bridgehead atoms. The number of carbonyl (C=O) groups excluding carboxylic acids is 3. The summed E-state index contributed by atoms with van der Waals surface area (Å²) in [4.78, 5) is 36.9. The number of fused-ring (bicyclic) bond motifs is 1. The van der Waals surface area contributed by atoms with Crippen molar-refractivity contribution in [2.24, 2.45) is 5.92 Å². The Hall–Kier alpha value is -2.77. The number of carbonyl (C=O) groups is 3. The molecule has 0 radical (unpaired) electrons. The van der Waals surface area contributed by atoms with Crippen LogP contribution in [0.1, 0.15) is 6.42 Å².